The van der Waals surface area contributed by atoms with Gasteiger partial charge in [-0.25, -0.2) is 0 Å². The summed E-state index contributed by atoms with van der Waals surface area (Å²) >= 11 is 6.19. The van der Waals surface area contributed by atoms with Crippen molar-refractivity contribution in [2.75, 3.05) is 25.0 Å². The molecule has 0 spiro atoms. The minimum atomic E-state index is -0.254. The first-order valence-corrected chi connectivity index (χ1v) is 7.80. The molecule has 0 radical (unpaired) electrons. The summed E-state index contributed by atoms with van der Waals surface area (Å²) in [5.41, 5.74) is 2.76. The largest absolute Gasteiger partial charge is 0.392 e. The second-order valence-electron chi connectivity index (χ2n) is 5.83. The highest BCUT2D eigenvalue weighted by Gasteiger charge is 2.18. The van der Waals surface area contributed by atoms with E-state index in [0.29, 0.717) is 30.2 Å². The number of nitrogens with zero attached hydrogens (tertiary/aromatic N) is 1. The Kier molecular flexibility index (Phi) is 5.62. The lowest BCUT2D eigenvalue weighted by molar-refractivity contribution is -0.116. The number of anilines is 1. The monoisotopic (exact) mass is 310 g/mol. The normalized spacial score (nSPS) is 19.5. The van der Waals surface area contributed by atoms with Crippen LogP contribution >= 0.6 is 11.6 Å². The highest BCUT2D eigenvalue weighted by molar-refractivity contribution is 6.34. The minimum Gasteiger partial charge on any atom is -0.392 e. The number of carbonyl (C=O) groups is 1. The number of aliphatic hydroxyl groups excluding tert-OH is 1. The zero-order valence-corrected chi connectivity index (χ0v) is 13.4. The highest BCUT2D eigenvalue weighted by Crippen LogP contribution is 2.27. The summed E-state index contributed by atoms with van der Waals surface area (Å²) in [5.74, 6) is -0.0380. The Labute approximate surface area is 131 Å². The smallest absolute Gasteiger partial charge is 0.225 e. The number of hydrogen-bond acceptors (Lipinski definition) is 3. The lowest BCUT2D eigenvalue weighted by Gasteiger charge is -2.29. The van der Waals surface area contributed by atoms with Gasteiger partial charge in [0.25, 0.3) is 0 Å². The second-order valence-corrected chi connectivity index (χ2v) is 6.24. The van der Waals surface area contributed by atoms with E-state index in [2.05, 4.69) is 10.2 Å². The van der Waals surface area contributed by atoms with Crippen LogP contribution in [-0.2, 0) is 4.79 Å². The Balaban J connectivity index is 1.87. The van der Waals surface area contributed by atoms with Crippen molar-refractivity contribution >= 4 is 23.2 Å². The van der Waals surface area contributed by atoms with E-state index in [1.54, 1.807) is 0 Å². The number of halogens is 1. The molecule has 4 nitrogen and oxygen atoms in total. The van der Waals surface area contributed by atoms with Crippen LogP contribution in [0.2, 0.25) is 5.02 Å². The fourth-order valence-corrected chi connectivity index (χ4v) is 3.14. The molecular weight excluding hydrogens is 288 g/mol. The molecule has 1 aliphatic heterocycles. The van der Waals surface area contributed by atoms with E-state index in [1.165, 1.54) is 0 Å². The maximum atomic E-state index is 12.1. The molecule has 1 atom stereocenters. The molecule has 1 unspecified atom stereocenters. The van der Waals surface area contributed by atoms with Crippen LogP contribution in [0.3, 0.4) is 0 Å². The predicted molar refractivity (Wildman–Crippen MR) is 85.9 cm³/mol. The van der Waals surface area contributed by atoms with Crippen LogP contribution in [0.15, 0.2) is 12.1 Å². The number of amides is 1. The number of carbonyl (C=O) groups excluding carboxylic acids is 1. The zero-order chi connectivity index (χ0) is 15.4. The van der Waals surface area contributed by atoms with E-state index in [4.69, 9.17) is 11.6 Å². The van der Waals surface area contributed by atoms with Gasteiger partial charge in [-0.2, -0.15) is 0 Å². The summed E-state index contributed by atoms with van der Waals surface area (Å²) in [6.07, 6.45) is 2.01. The molecule has 1 aromatic carbocycles. The van der Waals surface area contributed by atoms with Gasteiger partial charge in [0.15, 0.2) is 0 Å². The van der Waals surface area contributed by atoms with Gasteiger partial charge in [-0.05, 0) is 50.4 Å². The number of aryl methyl sites for hydroxylation is 2. The molecule has 1 aromatic rings. The fourth-order valence-electron chi connectivity index (χ4n) is 2.77. The predicted octanol–water partition coefficient (Wildman–Crippen LogP) is 2.74. The van der Waals surface area contributed by atoms with E-state index in [-0.39, 0.29) is 12.0 Å². The molecule has 116 valence electrons. The molecule has 5 heteroatoms. The topological polar surface area (TPSA) is 52.6 Å². The first-order valence-electron chi connectivity index (χ1n) is 7.42. The lowest BCUT2D eigenvalue weighted by Crippen LogP contribution is -2.39. The highest BCUT2D eigenvalue weighted by atomic mass is 35.5. The number of hydrogen-bond donors (Lipinski definition) is 2. The SMILES string of the molecule is Cc1cc(C)c(NC(=O)CCN2CCCC(O)C2)c(Cl)c1. The standard InChI is InChI=1S/C16H23ClN2O2/c1-11-8-12(2)16(14(17)9-11)18-15(21)5-7-19-6-3-4-13(20)10-19/h8-9,13,20H,3-7,10H2,1-2H3,(H,18,21). The maximum Gasteiger partial charge on any atom is 0.225 e. The summed E-state index contributed by atoms with van der Waals surface area (Å²) in [6.45, 7) is 6.21. The van der Waals surface area contributed by atoms with Gasteiger partial charge in [-0.3, -0.25) is 4.79 Å². The van der Waals surface area contributed by atoms with Crippen LogP contribution in [0.25, 0.3) is 0 Å². The van der Waals surface area contributed by atoms with Gasteiger partial charge in [-0.1, -0.05) is 17.7 Å². The Hall–Kier alpha value is -1.10. The number of β-amino-alcohol motifs (C(OH)–C–C–N with tert-alkyl or cyclic N) is 1. The van der Waals surface area contributed by atoms with Gasteiger partial charge < -0.3 is 15.3 Å². The van der Waals surface area contributed by atoms with Crippen molar-refractivity contribution in [2.24, 2.45) is 0 Å². The van der Waals surface area contributed by atoms with Crippen LogP contribution in [0.4, 0.5) is 5.69 Å². The van der Waals surface area contributed by atoms with Crippen LogP contribution in [0.5, 0.6) is 0 Å². The van der Waals surface area contributed by atoms with Crippen molar-refractivity contribution in [2.45, 2.75) is 39.2 Å². The molecule has 1 aliphatic rings. The summed E-state index contributed by atoms with van der Waals surface area (Å²) in [5, 5.41) is 13.1. The quantitative estimate of drug-likeness (QED) is 0.899. The fraction of sp³-hybridized carbons (Fsp3) is 0.562. The number of likely N-dealkylation sites (tertiary alicyclic amines) is 1. The van der Waals surface area contributed by atoms with Crippen molar-refractivity contribution in [1.82, 2.24) is 4.90 Å². The first kappa shape index (κ1) is 16.3. The van der Waals surface area contributed by atoms with Crippen LogP contribution in [0, 0.1) is 13.8 Å². The molecule has 0 aliphatic carbocycles. The first-order chi connectivity index (χ1) is 9.95. The Bertz CT molecular complexity index is 496. The zero-order valence-electron chi connectivity index (χ0n) is 12.7. The molecule has 0 saturated carbocycles. The number of rotatable bonds is 4. The summed E-state index contributed by atoms with van der Waals surface area (Å²) in [6, 6.07) is 3.85. The Morgan fingerprint density at radius 1 is 1.48 bits per heavy atom. The number of benzene rings is 1. The molecule has 0 aromatic heterocycles. The summed E-state index contributed by atoms with van der Waals surface area (Å²) < 4.78 is 0. The number of aliphatic hydroxyl groups is 1. The average Bonchev–Trinajstić information content (AvgIpc) is 2.40. The Morgan fingerprint density at radius 3 is 2.90 bits per heavy atom. The van der Waals surface area contributed by atoms with E-state index in [1.807, 2.05) is 26.0 Å². The van der Waals surface area contributed by atoms with Crippen molar-refractivity contribution < 1.29 is 9.90 Å². The van der Waals surface area contributed by atoms with Gasteiger partial charge in [0.05, 0.1) is 16.8 Å². The van der Waals surface area contributed by atoms with Crippen molar-refractivity contribution in [3.05, 3.63) is 28.3 Å². The molecule has 1 saturated heterocycles. The van der Waals surface area contributed by atoms with Crippen LogP contribution in [-0.4, -0.2) is 41.7 Å². The van der Waals surface area contributed by atoms with Crippen LogP contribution in [0.1, 0.15) is 30.4 Å². The molecular formula is C16H23ClN2O2. The molecule has 0 bridgehead atoms. The van der Waals surface area contributed by atoms with Gasteiger partial charge in [0.1, 0.15) is 0 Å². The summed E-state index contributed by atoms with van der Waals surface area (Å²) in [7, 11) is 0. The third-order valence-corrected chi connectivity index (χ3v) is 4.13. The van der Waals surface area contributed by atoms with Gasteiger partial charge in [0, 0.05) is 19.5 Å². The van der Waals surface area contributed by atoms with Crippen molar-refractivity contribution in [1.29, 1.82) is 0 Å². The molecule has 21 heavy (non-hydrogen) atoms. The van der Waals surface area contributed by atoms with Crippen molar-refractivity contribution in [3.8, 4) is 0 Å². The van der Waals surface area contributed by atoms with E-state index in [9.17, 15) is 9.90 Å². The van der Waals surface area contributed by atoms with Gasteiger partial charge in [-0.15, -0.1) is 0 Å². The lowest BCUT2D eigenvalue weighted by atomic mass is 10.1. The molecule has 2 rings (SSSR count). The Morgan fingerprint density at radius 2 is 2.24 bits per heavy atom. The van der Waals surface area contributed by atoms with E-state index >= 15 is 0 Å². The third-order valence-electron chi connectivity index (χ3n) is 3.83. The molecule has 2 N–H and O–H groups in total. The second kappa shape index (κ2) is 7.25. The molecule has 1 heterocycles. The average molecular weight is 311 g/mol. The molecule has 1 fully saturated rings. The minimum absolute atomic E-state index is 0.0380. The van der Waals surface area contributed by atoms with Gasteiger partial charge >= 0.3 is 0 Å². The van der Waals surface area contributed by atoms with E-state index in [0.717, 1.165) is 30.5 Å². The number of piperidine rings is 1. The van der Waals surface area contributed by atoms with E-state index < -0.39 is 0 Å². The van der Waals surface area contributed by atoms with Gasteiger partial charge in [0.2, 0.25) is 5.91 Å². The van der Waals surface area contributed by atoms with Crippen LogP contribution < -0.4 is 5.32 Å². The third kappa shape index (κ3) is 4.70. The summed E-state index contributed by atoms with van der Waals surface area (Å²) in [4.78, 5) is 14.2. The van der Waals surface area contributed by atoms with Crippen molar-refractivity contribution in [3.63, 3.8) is 0 Å². The maximum absolute atomic E-state index is 12.1. The number of nitrogens with one attached hydrogen (secondary N) is 1. The molecule has 1 amide bonds.